The molecule has 0 fully saturated rings. The summed E-state index contributed by atoms with van der Waals surface area (Å²) in [5.74, 6) is -0.289. The van der Waals surface area contributed by atoms with Gasteiger partial charge < -0.3 is 15.2 Å². The van der Waals surface area contributed by atoms with Crippen molar-refractivity contribution in [2.75, 3.05) is 0 Å². The lowest BCUT2D eigenvalue weighted by Gasteiger charge is -2.06. The van der Waals surface area contributed by atoms with Gasteiger partial charge in [-0.25, -0.2) is 4.98 Å². The van der Waals surface area contributed by atoms with Crippen LogP contribution < -0.4 is 0 Å². The maximum atomic E-state index is 13.2. The van der Waals surface area contributed by atoms with E-state index in [1.807, 2.05) is 42.5 Å². The Morgan fingerprint density at radius 3 is 2.14 bits per heavy atom. The summed E-state index contributed by atoms with van der Waals surface area (Å²) in [7, 11) is 0. The molecule has 0 amide bonds. The second-order valence-electron chi connectivity index (χ2n) is 8.46. The highest BCUT2D eigenvalue weighted by molar-refractivity contribution is 6.22. The lowest BCUT2D eigenvalue weighted by Crippen LogP contribution is -1.97. The van der Waals surface area contributed by atoms with E-state index in [1.165, 1.54) is 24.3 Å². The molecule has 0 radical (unpaired) electrons. The molecule has 1 heterocycles. The van der Waals surface area contributed by atoms with Crippen LogP contribution in [-0.2, 0) is 0 Å². The van der Waals surface area contributed by atoms with E-state index in [0.29, 0.717) is 44.9 Å². The fraction of sp³-hybridized carbons (Fsp3) is 0. The summed E-state index contributed by atoms with van der Waals surface area (Å²) < 4.78 is 0. The van der Waals surface area contributed by atoms with E-state index in [-0.39, 0.29) is 23.0 Å². The van der Waals surface area contributed by atoms with Crippen LogP contribution in [0.15, 0.2) is 84.9 Å². The quantitative estimate of drug-likeness (QED) is 0.164. The number of nitro benzene ring substituents is 1. The number of hydrogen-bond acceptors (Lipinski definition) is 6. The van der Waals surface area contributed by atoms with Gasteiger partial charge in [-0.1, -0.05) is 42.5 Å². The van der Waals surface area contributed by atoms with Crippen molar-refractivity contribution in [1.29, 1.82) is 0 Å². The third kappa shape index (κ3) is 3.32. The number of H-pyrrole nitrogens is 1. The Morgan fingerprint density at radius 1 is 0.722 bits per heavy atom. The number of benzene rings is 4. The topological polar surface area (TPSA) is 129 Å². The first-order valence-corrected chi connectivity index (χ1v) is 11.1. The molecule has 8 nitrogen and oxygen atoms in total. The molecule has 1 aromatic heterocycles. The number of nitrogens with one attached hydrogen (secondary N) is 1. The zero-order valence-electron chi connectivity index (χ0n) is 18.6. The maximum Gasteiger partial charge on any atom is 0.270 e. The number of carbonyl (C=O) groups excluding carboxylic acids is 1. The number of nitrogens with zero attached hydrogens (tertiary/aromatic N) is 2. The zero-order valence-corrected chi connectivity index (χ0v) is 18.6. The van der Waals surface area contributed by atoms with Gasteiger partial charge in [0.2, 0.25) is 0 Å². The van der Waals surface area contributed by atoms with Crippen molar-refractivity contribution in [3.63, 3.8) is 0 Å². The van der Waals surface area contributed by atoms with E-state index in [1.54, 1.807) is 18.2 Å². The van der Waals surface area contributed by atoms with Crippen molar-refractivity contribution in [2.24, 2.45) is 0 Å². The molecule has 0 atom stereocenters. The SMILES string of the molecule is O=C1c2cc(-c3nc(-c4ccc(O)c(O)c4)[nH]c3-c3ccccc3)ccc2-c2ccc([N+](=O)[O-])cc21. The fourth-order valence-corrected chi connectivity index (χ4v) is 4.53. The molecule has 174 valence electrons. The molecule has 0 bridgehead atoms. The molecule has 5 aromatic rings. The number of rotatable bonds is 4. The number of aromatic nitrogens is 2. The molecule has 0 spiro atoms. The Hall–Kier alpha value is -5.24. The molecule has 0 saturated carbocycles. The number of phenolic OH excluding ortho intramolecular Hbond substituents is 2. The molecule has 3 N–H and O–H groups in total. The fourth-order valence-electron chi connectivity index (χ4n) is 4.53. The van der Waals surface area contributed by atoms with Crippen LogP contribution in [0.3, 0.4) is 0 Å². The molecule has 0 unspecified atom stereocenters. The average molecular weight is 475 g/mol. The monoisotopic (exact) mass is 475 g/mol. The van der Waals surface area contributed by atoms with Gasteiger partial charge in [0.25, 0.3) is 5.69 Å². The molecular weight excluding hydrogens is 458 g/mol. The van der Waals surface area contributed by atoms with Crippen LogP contribution in [0, 0.1) is 10.1 Å². The van der Waals surface area contributed by atoms with E-state index < -0.39 is 4.92 Å². The van der Waals surface area contributed by atoms with Gasteiger partial charge in [0.15, 0.2) is 17.3 Å². The highest BCUT2D eigenvalue weighted by Gasteiger charge is 2.29. The standard InChI is InChI=1S/C28H17N3O5/c32-23-11-7-17(13-24(23)33)28-29-25(15-4-2-1-3-5-15)26(30-28)16-6-9-19-20-10-8-18(31(35)36)14-22(20)27(34)21(19)12-16/h1-14,32-33H,(H,29,30). The molecule has 1 aliphatic rings. The number of aromatic amines is 1. The van der Waals surface area contributed by atoms with Crippen molar-refractivity contribution < 1.29 is 19.9 Å². The van der Waals surface area contributed by atoms with Crippen LogP contribution in [0.1, 0.15) is 15.9 Å². The van der Waals surface area contributed by atoms with Gasteiger partial charge >= 0.3 is 0 Å². The Kier molecular flexibility index (Phi) is 4.69. The van der Waals surface area contributed by atoms with Crippen molar-refractivity contribution in [1.82, 2.24) is 9.97 Å². The van der Waals surface area contributed by atoms with Gasteiger partial charge in [0.1, 0.15) is 5.82 Å². The second-order valence-corrected chi connectivity index (χ2v) is 8.46. The maximum absolute atomic E-state index is 13.2. The minimum absolute atomic E-state index is 0.129. The highest BCUT2D eigenvalue weighted by atomic mass is 16.6. The van der Waals surface area contributed by atoms with Gasteiger partial charge in [0.05, 0.1) is 16.3 Å². The Balaban J connectivity index is 1.50. The Labute approximate surface area is 204 Å². The third-order valence-electron chi connectivity index (χ3n) is 6.30. The first-order chi connectivity index (χ1) is 17.4. The number of non-ortho nitro benzene ring substituents is 1. The van der Waals surface area contributed by atoms with Crippen LogP contribution in [0.2, 0.25) is 0 Å². The summed E-state index contributed by atoms with van der Waals surface area (Å²) in [4.78, 5) is 32.0. The molecule has 0 saturated heterocycles. The second kappa shape index (κ2) is 7.92. The zero-order chi connectivity index (χ0) is 25.0. The minimum Gasteiger partial charge on any atom is -0.504 e. The summed E-state index contributed by atoms with van der Waals surface area (Å²) in [5.41, 5.74) is 5.47. The smallest absolute Gasteiger partial charge is 0.270 e. The number of carbonyl (C=O) groups is 1. The van der Waals surface area contributed by atoms with Crippen LogP contribution in [0.4, 0.5) is 5.69 Å². The number of imidazole rings is 1. The predicted octanol–water partition coefficient (Wildman–Crippen LogP) is 5.94. The number of nitro groups is 1. The molecule has 6 rings (SSSR count). The van der Waals surface area contributed by atoms with Gasteiger partial charge in [-0.15, -0.1) is 0 Å². The predicted molar refractivity (Wildman–Crippen MR) is 134 cm³/mol. The largest absolute Gasteiger partial charge is 0.504 e. The number of phenols is 2. The van der Waals surface area contributed by atoms with Gasteiger partial charge in [-0.3, -0.25) is 14.9 Å². The van der Waals surface area contributed by atoms with Crippen molar-refractivity contribution in [3.05, 3.63) is 106 Å². The molecule has 4 aromatic carbocycles. The number of aromatic hydroxyl groups is 2. The lowest BCUT2D eigenvalue weighted by molar-refractivity contribution is -0.384. The van der Waals surface area contributed by atoms with Crippen LogP contribution in [0.5, 0.6) is 11.5 Å². The van der Waals surface area contributed by atoms with Crippen molar-refractivity contribution >= 4 is 11.5 Å². The highest BCUT2D eigenvalue weighted by Crippen LogP contribution is 2.42. The van der Waals surface area contributed by atoms with E-state index >= 15 is 0 Å². The molecule has 36 heavy (non-hydrogen) atoms. The first kappa shape index (κ1) is 21.3. The van der Waals surface area contributed by atoms with Gasteiger partial charge in [0, 0.05) is 39.9 Å². The summed E-state index contributed by atoms with van der Waals surface area (Å²) in [6.45, 7) is 0. The van der Waals surface area contributed by atoms with E-state index in [0.717, 1.165) is 11.3 Å². The lowest BCUT2D eigenvalue weighted by atomic mass is 9.99. The molecule has 8 heteroatoms. The third-order valence-corrected chi connectivity index (χ3v) is 6.30. The number of fused-ring (bicyclic) bond motifs is 3. The summed E-state index contributed by atoms with van der Waals surface area (Å²) in [6.07, 6.45) is 0. The normalized spacial score (nSPS) is 11.8. The molecule has 1 aliphatic carbocycles. The van der Waals surface area contributed by atoms with E-state index in [9.17, 15) is 25.1 Å². The summed E-state index contributed by atoms with van der Waals surface area (Å²) >= 11 is 0. The minimum atomic E-state index is -0.513. The van der Waals surface area contributed by atoms with Crippen molar-refractivity contribution in [2.45, 2.75) is 0 Å². The van der Waals surface area contributed by atoms with Crippen LogP contribution in [0.25, 0.3) is 45.0 Å². The summed E-state index contributed by atoms with van der Waals surface area (Å²) in [6, 6.07) is 23.8. The van der Waals surface area contributed by atoms with E-state index in [4.69, 9.17) is 4.98 Å². The summed E-state index contributed by atoms with van der Waals surface area (Å²) in [5, 5.41) is 30.9. The molecular formula is C28H17N3O5. The van der Waals surface area contributed by atoms with Gasteiger partial charge in [-0.2, -0.15) is 0 Å². The van der Waals surface area contributed by atoms with Gasteiger partial charge in [-0.05, 0) is 41.5 Å². The number of ketones is 1. The van der Waals surface area contributed by atoms with E-state index in [2.05, 4.69) is 4.98 Å². The first-order valence-electron chi connectivity index (χ1n) is 11.1. The average Bonchev–Trinajstić information content (AvgIpc) is 3.46. The number of hydrogen-bond donors (Lipinski definition) is 3. The molecule has 0 aliphatic heterocycles. The Morgan fingerprint density at radius 2 is 1.42 bits per heavy atom. The van der Waals surface area contributed by atoms with Crippen LogP contribution >= 0.6 is 0 Å². The van der Waals surface area contributed by atoms with Crippen LogP contribution in [-0.4, -0.2) is 30.9 Å². The van der Waals surface area contributed by atoms with Crippen molar-refractivity contribution in [3.8, 4) is 56.5 Å². The Bertz CT molecular complexity index is 1710.